The maximum Gasteiger partial charge on any atom is 0.263 e. The Morgan fingerprint density at radius 1 is 1.33 bits per heavy atom. The average molecular weight is 287 g/mol. The first-order chi connectivity index (χ1) is 10.2. The lowest BCUT2D eigenvalue weighted by Crippen LogP contribution is -2.41. The zero-order valence-electron chi connectivity index (χ0n) is 12.2. The average Bonchev–Trinajstić information content (AvgIpc) is 2.99. The monoisotopic (exact) mass is 287 g/mol. The molecule has 5 nitrogen and oxygen atoms in total. The van der Waals surface area contributed by atoms with Crippen molar-refractivity contribution in [3.8, 4) is 11.5 Å². The predicted octanol–water partition coefficient (Wildman–Crippen LogP) is 3.09. The van der Waals surface area contributed by atoms with E-state index >= 15 is 0 Å². The summed E-state index contributed by atoms with van der Waals surface area (Å²) >= 11 is 0. The van der Waals surface area contributed by atoms with Crippen molar-refractivity contribution in [3.05, 3.63) is 30.3 Å². The highest BCUT2D eigenvalue weighted by Crippen LogP contribution is 2.36. The second kappa shape index (κ2) is 5.85. The SMILES string of the molecule is CC1(CNc2noc(-c3ccccc3)n2)CCCCC1O. The normalized spacial score (nSPS) is 25.7. The molecular formula is C16H21N3O2. The van der Waals surface area contributed by atoms with Crippen LogP contribution in [-0.4, -0.2) is 27.9 Å². The minimum atomic E-state index is -0.265. The molecule has 1 heterocycles. The number of aromatic nitrogens is 2. The molecule has 0 spiro atoms. The third-order valence-corrected chi connectivity index (χ3v) is 4.38. The maximum absolute atomic E-state index is 10.2. The predicted molar refractivity (Wildman–Crippen MR) is 80.8 cm³/mol. The van der Waals surface area contributed by atoms with Crippen LogP contribution in [-0.2, 0) is 0 Å². The first-order valence-electron chi connectivity index (χ1n) is 7.48. The van der Waals surface area contributed by atoms with Crippen molar-refractivity contribution >= 4 is 5.95 Å². The Hall–Kier alpha value is -1.88. The van der Waals surface area contributed by atoms with E-state index in [1.165, 1.54) is 0 Å². The molecule has 2 N–H and O–H groups in total. The summed E-state index contributed by atoms with van der Waals surface area (Å²) in [6.45, 7) is 2.77. The van der Waals surface area contributed by atoms with Crippen LogP contribution in [0.3, 0.4) is 0 Å². The van der Waals surface area contributed by atoms with E-state index in [9.17, 15) is 5.11 Å². The van der Waals surface area contributed by atoms with Gasteiger partial charge < -0.3 is 14.9 Å². The van der Waals surface area contributed by atoms with Crippen LogP contribution in [0.15, 0.2) is 34.9 Å². The molecule has 2 unspecified atom stereocenters. The number of anilines is 1. The zero-order chi connectivity index (χ0) is 14.7. The van der Waals surface area contributed by atoms with Crippen LogP contribution in [0.25, 0.3) is 11.5 Å². The Morgan fingerprint density at radius 2 is 2.14 bits per heavy atom. The topological polar surface area (TPSA) is 71.2 Å². The summed E-state index contributed by atoms with van der Waals surface area (Å²) in [5.74, 6) is 0.986. The van der Waals surface area contributed by atoms with Gasteiger partial charge in [0, 0.05) is 17.5 Å². The van der Waals surface area contributed by atoms with Crippen molar-refractivity contribution in [2.75, 3.05) is 11.9 Å². The van der Waals surface area contributed by atoms with E-state index in [1.807, 2.05) is 30.3 Å². The molecule has 3 rings (SSSR count). The first-order valence-corrected chi connectivity index (χ1v) is 7.48. The highest BCUT2D eigenvalue weighted by atomic mass is 16.5. The number of benzene rings is 1. The molecule has 21 heavy (non-hydrogen) atoms. The fraction of sp³-hybridized carbons (Fsp3) is 0.500. The molecule has 1 aliphatic rings. The standard InChI is InChI=1S/C16H21N3O2/c1-16(10-6-5-9-13(16)20)11-17-15-18-14(21-19-15)12-7-3-2-4-8-12/h2-4,7-8,13,20H,5-6,9-11H2,1H3,(H,17,19). The summed E-state index contributed by atoms with van der Waals surface area (Å²) < 4.78 is 5.26. The van der Waals surface area contributed by atoms with Crippen molar-refractivity contribution in [1.29, 1.82) is 0 Å². The number of nitrogens with one attached hydrogen (secondary N) is 1. The quantitative estimate of drug-likeness (QED) is 0.904. The minimum absolute atomic E-state index is 0.119. The zero-order valence-corrected chi connectivity index (χ0v) is 12.2. The van der Waals surface area contributed by atoms with Crippen molar-refractivity contribution in [3.63, 3.8) is 0 Å². The maximum atomic E-state index is 10.2. The summed E-state index contributed by atoms with van der Waals surface area (Å²) in [6, 6.07) is 9.69. The van der Waals surface area contributed by atoms with Gasteiger partial charge in [0.15, 0.2) is 0 Å². The molecule has 1 saturated carbocycles. The van der Waals surface area contributed by atoms with Crippen molar-refractivity contribution in [1.82, 2.24) is 10.1 Å². The number of aliphatic hydroxyl groups is 1. The van der Waals surface area contributed by atoms with E-state index in [1.54, 1.807) is 0 Å². The van der Waals surface area contributed by atoms with Gasteiger partial charge >= 0.3 is 0 Å². The van der Waals surface area contributed by atoms with Crippen molar-refractivity contribution in [2.24, 2.45) is 5.41 Å². The van der Waals surface area contributed by atoms with E-state index in [0.29, 0.717) is 18.4 Å². The Morgan fingerprint density at radius 3 is 2.90 bits per heavy atom. The molecule has 1 aromatic heterocycles. The van der Waals surface area contributed by atoms with Crippen LogP contribution < -0.4 is 5.32 Å². The Bertz CT molecular complexity index is 584. The molecule has 5 heteroatoms. The molecule has 2 aromatic rings. The van der Waals surface area contributed by atoms with Gasteiger partial charge in [-0.1, -0.05) is 38.0 Å². The Labute approximate surface area is 124 Å². The first kappa shape index (κ1) is 14.1. The number of hydrogen-bond acceptors (Lipinski definition) is 5. The summed E-state index contributed by atoms with van der Waals surface area (Å²) in [7, 11) is 0. The second-order valence-corrected chi connectivity index (χ2v) is 6.06. The van der Waals surface area contributed by atoms with Crippen LogP contribution in [0.1, 0.15) is 32.6 Å². The lowest BCUT2D eigenvalue weighted by molar-refractivity contribution is 0.00951. The van der Waals surface area contributed by atoms with Gasteiger partial charge in [-0.15, -0.1) is 0 Å². The Balaban J connectivity index is 1.65. The van der Waals surface area contributed by atoms with Gasteiger partial charge in [0.05, 0.1) is 6.10 Å². The molecule has 1 aliphatic carbocycles. The van der Waals surface area contributed by atoms with E-state index in [2.05, 4.69) is 22.4 Å². The summed E-state index contributed by atoms with van der Waals surface area (Å²) in [5.41, 5.74) is 0.785. The highest BCUT2D eigenvalue weighted by Gasteiger charge is 2.35. The van der Waals surface area contributed by atoms with Gasteiger partial charge in [-0.05, 0) is 30.1 Å². The largest absolute Gasteiger partial charge is 0.392 e. The van der Waals surface area contributed by atoms with Crippen LogP contribution in [0, 0.1) is 5.41 Å². The van der Waals surface area contributed by atoms with Gasteiger partial charge in [-0.3, -0.25) is 0 Å². The molecule has 0 bridgehead atoms. The molecule has 2 atom stereocenters. The third-order valence-electron chi connectivity index (χ3n) is 4.38. The fourth-order valence-electron chi connectivity index (χ4n) is 2.86. The van der Waals surface area contributed by atoms with Crippen molar-refractivity contribution in [2.45, 2.75) is 38.7 Å². The molecule has 0 amide bonds. The van der Waals surface area contributed by atoms with E-state index in [0.717, 1.165) is 31.2 Å². The van der Waals surface area contributed by atoms with E-state index < -0.39 is 0 Å². The lowest BCUT2D eigenvalue weighted by atomic mass is 9.73. The molecule has 1 fully saturated rings. The summed E-state index contributed by atoms with van der Waals surface area (Å²) in [4.78, 5) is 4.35. The van der Waals surface area contributed by atoms with E-state index in [-0.39, 0.29) is 11.5 Å². The molecule has 0 aliphatic heterocycles. The number of nitrogens with zero attached hydrogens (tertiary/aromatic N) is 2. The van der Waals surface area contributed by atoms with Gasteiger partial charge in [-0.25, -0.2) is 0 Å². The highest BCUT2D eigenvalue weighted by molar-refractivity contribution is 5.53. The Kier molecular flexibility index (Phi) is 3.92. The molecule has 1 aromatic carbocycles. The van der Waals surface area contributed by atoms with Crippen molar-refractivity contribution < 1.29 is 9.63 Å². The van der Waals surface area contributed by atoms with Gasteiger partial charge in [0.2, 0.25) is 0 Å². The number of rotatable bonds is 4. The van der Waals surface area contributed by atoms with Gasteiger partial charge in [0.25, 0.3) is 11.8 Å². The van der Waals surface area contributed by atoms with Crippen LogP contribution >= 0.6 is 0 Å². The molecule has 112 valence electrons. The summed E-state index contributed by atoms with van der Waals surface area (Å²) in [6.07, 6.45) is 3.90. The minimum Gasteiger partial charge on any atom is -0.392 e. The molecule has 0 radical (unpaired) electrons. The lowest BCUT2D eigenvalue weighted by Gasteiger charge is -2.38. The van der Waals surface area contributed by atoms with Crippen LogP contribution in [0.2, 0.25) is 0 Å². The van der Waals surface area contributed by atoms with Gasteiger partial charge in [0.1, 0.15) is 0 Å². The number of aliphatic hydroxyl groups excluding tert-OH is 1. The third kappa shape index (κ3) is 3.08. The number of hydrogen-bond donors (Lipinski definition) is 2. The fourth-order valence-corrected chi connectivity index (χ4v) is 2.86. The second-order valence-electron chi connectivity index (χ2n) is 6.06. The van der Waals surface area contributed by atoms with Gasteiger partial charge in [-0.2, -0.15) is 4.98 Å². The summed E-state index contributed by atoms with van der Waals surface area (Å²) in [5, 5.41) is 17.3. The molecule has 0 saturated heterocycles. The molecular weight excluding hydrogens is 266 g/mol. The van der Waals surface area contributed by atoms with Crippen LogP contribution in [0.4, 0.5) is 5.95 Å². The smallest absolute Gasteiger partial charge is 0.263 e. The van der Waals surface area contributed by atoms with Crippen LogP contribution in [0.5, 0.6) is 0 Å². The van der Waals surface area contributed by atoms with E-state index in [4.69, 9.17) is 4.52 Å².